The molecule has 18 heavy (non-hydrogen) atoms. The Kier molecular flexibility index (Phi) is 4.70. The highest BCUT2D eigenvalue weighted by molar-refractivity contribution is 7.98. The lowest BCUT2D eigenvalue weighted by Gasteiger charge is -2.11. The van der Waals surface area contributed by atoms with Crippen LogP contribution in [0.4, 0.5) is 5.69 Å². The average molecular weight is 261 g/mol. The minimum atomic E-state index is 0.817. The van der Waals surface area contributed by atoms with Gasteiger partial charge in [-0.2, -0.15) is 5.10 Å². The molecule has 1 N–H and O–H groups in total. The first-order chi connectivity index (χ1) is 8.85. The maximum absolute atomic E-state index is 4.33. The molecule has 4 heteroatoms. The third kappa shape index (κ3) is 3.07. The van der Waals surface area contributed by atoms with E-state index < -0.39 is 0 Å². The molecule has 2 rings (SSSR count). The van der Waals surface area contributed by atoms with Gasteiger partial charge in [-0.15, -0.1) is 11.8 Å². The lowest BCUT2D eigenvalue weighted by atomic mass is 10.3. The van der Waals surface area contributed by atoms with Crippen LogP contribution in [-0.2, 0) is 13.1 Å². The molecule has 0 aliphatic heterocycles. The van der Waals surface area contributed by atoms with Crippen LogP contribution in [0, 0.1) is 0 Å². The number of benzene rings is 1. The second-order valence-electron chi connectivity index (χ2n) is 4.10. The van der Waals surface area contributed by atoms with Crippen molar-refractivity contribution < 1.29 is 0 Å². The van der Waals surface area contributed by atoms with Crippen LogP contribution in [0.3, 0.4) is 0 Å². The molecule has 0 saturated heterocycles. The molecule has 1 aromatic carbocycles. The van der Waals surface area contributed by atoms with E-state index in [2.05, 4.69) is 58.6 Å². The van der Waals surface area contributed by atoms with Crippen molar-refractivity contribution in [2.24, 2.45) is 0 Å². The summed E-state index contributed by atoms with van der Waals surface area (Å²) in [6.07, 6.45) is 5.07. The van der Waals surface area contributed by atoms with Crippen LogP contribution in [0.5, 0.6) is 0 Å². The Hall–Kier alpha value is -1.42. The van der Waals surface area contributed by atoms with Gasteiger partial charge >= 0.3 is 0 Å². The topological polar surface area (TPSA) is 29.9 Å². The zero-order valence-electron chi connectivity index (χ0n) is 10.9. The first-order valence-electron chi connectivity index (χ1n) is 6.22. The van der Waals surface area contributed by atoms with E-state index in [1.807, 2.05) is 6.20 Å². The van der Waals surface area contributed by atoms with Gasteiger partial charge in [-0.25, -0.2) is 0 Å². The van der Waals surface area contributed by atoms with Crippen molar-refractivity contribution in [2.75, 3.05) is 11.6 Å². The van der Waals surface area contributed by atoms with Gasteiger partial charge < -0.3 is 5.32 Å². The monoisotopic (exact) mass is 261 g/mol. The number of thioether (sulfide) groups is 1. The summed E-state index contributed by atoms with van der Waals surface area (Å²) in [5.74, 6) is 0. The standard InChI is InChI=1S/C14H19N3S/c1-3-10-17-12(8-9-16-17)11-15-13-6-4-5-7-14(13)18-2/h4-9,15H,3,10-11H2,1-2H3. The van der Waals surface area contributed by atoms with Gasteiger partial charge in [0, 0.05) is 23.3 Å². The van der Waals surface area contributed by atoms with E-state index in [1.165, 1.54) is 16.3 Å². The van der Waals surface area contributed by atoms with E-state index in [9.17, 15) is 0 Å². The van der Waals surface area contributed by atoms with Gasteiger partial charge in [0.15, 0.2) is 0 Å². The first-order valence-corrected chi connectivity index (χ1v) is 7.45. The van der Waals surface area contributed by atoms with Crippen molar-refractivity contribution in [3.8, 4) is 0 Å². The third-order valence-corrected chi connectivity index (χ3v) is 3.60. The average Bonchev–Trinajstić information content (AvgIpc) is 2.84. The van der Waals surface area contributed by atoms with Crippen molar-refractivity contribution in [1.82, 2.24) is 9.78 Å². The summed E-state index contributed by atoms with van der Waals surface area (Å²) in [7, 11) is 0. The molecule has 96 valence electrons. The van der Waals surface area contributed by atoms with Gasteiger partial charge in [-0.05, 0) is 30.9 Å². The zero-order chi connectivity index (χ0) is 12.8. The molecule has 0 saturated carbocycles. The van der Waals surface area contributed by atoms with Crippen LogP contribution < -0.4 is 5.32 Å². The van der Waals surface area contributed by atoms with Crippen LogP contribution in [-0.4, -0.2) is 16.0 Å². The normalized spacial score (nSPS) is 10.6. The van der Waals surface area contributed by atoms with Gasteiger partial charge in [0.25, 0.3) is 0 Å². The maximum Gasteiger partial charge on any atom is 0.0575 e. The Morgan fingerprint density at radius 2 is 2.11 bits per heavy atom. The Labute approximate surface area is 113 Å². The molecule has 0 bridgehead atoms. The third-order valence-electron chi connectivity index (χ3n) is 2.81. The summed E-state index contributed by atoms with van der Waals surface area (Å²) in [6, 6.07) is 10.5. The number of nitrogens with zero attached hydrogens (tertiary/aromatic N) is 2. The van der Waals surface area contributed by atoms with Gasteiger partial charge in [-0.3, -0.25) is 4.68 Å². The Morgan fingerprint density at radius 1 is 1.28 bits per heavy atom. The van der Waals surface area contributed by atoms with Crippen LogP contribution in [0.1, 0.15) is 19.0 Å². The van der Waals surface area contributed by atoms with Crippen molar-refractivity contribution in [3.05, 3.63) is 42.2 Å². The van der Waals surface area contributed by atoms with E-state index >= 15 is 0 Å². The van der Waals surface area contributed by atoms with E-state index in [1.54, 1.807) is 11.8 Å². The van der Waals surface area contributed by atoms with E-state index in [4.69, 9.17) is 0 Å². The number of rotatable bonds is 6. The van der Waals surface area contributed by atoms with E-state index in [0.717, 1.165) is 19.5 Å². The van der Waals surface area contributed by atoms with Crippen molar-refractivity contribution in [3.63, 3.8) is 0 Å². The van der Waals surface area contributed by atoms with Crippen LogP contribution in [0.2, 0.25) is 0 Å². The van der Waals surface area contributed by atoms with Gasteiger partial charge in [0.2, 0.25) is 0 Å². The molecule has 2 aromatic rings. The molecule has 0 fully saturated rings. The fraction of sp³-hybridized carbons (Fsp3) is 0.357. The molecule has 0 atom stereocenters. The quantitative estimate of drug-likeness (QED) is 0.805. The smallest absolute Gasteiger partial charge is 0.0575 e. The Bertz CT molecular complexity index is 493. The highest BCUT2D eigenvalue weighted by Crippen LogP contribution is 2.24. The molecular formula is C14H19N3S. The second-order valence-corrected chi connectivity index (χ2v) is 4.95. The van der Waals surface area contributed by atoms with E-state index in [0.29, 0.717) is 0 Å². The molecule has 0 aliphatic rings. The fourth-order valence-corrected chi connectivity index (χ4v) is 2.47. The summed E-state index contributed by atoms with van der Waals surface area (Å²) in [6.45, 7) is 3.97. The lowest BCUT2D eigenvalue weighted by Crippen LogP contribution is -2.09. The van der Waals surface area contributed by atoms with Gasteiger partial charge in [0.05, 0.1) is 12.2 Å². The summed E-state index contributed by atoms with van der Waals surface area (Å²) in [5.41, 5.74) is 2.42. The predicted molar refractivity (Wildman–Crippen MR) is 78.1 cm³/mol. The molecule has 1 aromatic heterocycles. The molecule has 3 nitrogen and oxygen atoms in total. The van der Waals surface area contributed by atoms with Crippen molar-refractivity contribution >= 4 is 17.4 Å². The number of aromatic nitrogens is 2. The number of aryl methyl sites for hydroxylation is 1. The highest BCUT2D eigenvalue weighted by Gasteiger charge is 2.03. The largest absolute Gasteiger partial charge is 0.378 e. The molecular weight excluding hydrogens is 242 g/mol. The minimum absolute atomic E-state index is 0.817. The number of anilines is 1. The molecule has 0 aliphatic carbocycles. The van der Waals surface area contributed by atoms with Crippen molar-refractivity contribution in [2.45, 2.75) is 31.3 Å². The summed E-state index contributed by atoms with van der Waals surface area (Å²) < 4.78 is 2.06. The predicted octanol–water partition coefficient (Wildman–Crippen LogP) is 3.63. The SMILES string of the molecule is CCCn1nccc1CNc1ccccc1SC. The minimum Gasteiger partial charge on any atom is -0.378 e. The molecule has 0 radical (unpaired) electrons. The van der Waals surface area contributed by atoms with Crippen LogP contribution in [0.25, 0.3) is 0 Å². The second kappa shape index (κ2) is 6.50. The fourth-order valence-electron chi connectivity index (χ4n) is 1.90. The first kappa shape index (κ1) is 13.0. The molecule has 0 unspecified atom stereocenters. The maximum atomic E-state index is 4.33. The number of hydrogen-bond acceptors (Lipinski definition) is 3. The Morgan fingerprint density at radius 3 is 2.89 bits per heavy atom. The molecule has 0 amide bonds. The zero-order valence-corrected chi connectivity index (χ0v) is 11.7. The summed E-state index contributed by atoms with van der Waals surface area (Å²) >= 11 is 1.76. The van der Waals surface area contributed by atoms with Crippen LogP contribution >= 0.6 is 11.8 Å². The highest BCUT2D eigenvalue weighted by atomic mass is 32.2. The van der Waals surface area contributed by atoms with E-state index in [-0.39, 0.29) is 0 Å². The molecule has 0 spiro atoms. The Balaban J connectivity index is 2.04. The summed E-state index contributed by atoms with van der Waals surface area (Å²) in [5, 5.41) is 7.82. The van der Waals surface area contributed by atoms with Gasteiger partial charge in [0.1, 0.15) is 0 Å². The number of para-hydroxylation sites is 1. The van der Waals surface area contributed by atoms with Crippen LogP contribution in [0.15, 0.2) is 41.4 Å². The number of hydrogen-bond donors (Lipinski definition) is 1. The lowest BCUT2D eigenvalue weighted by molar-refractivity contribution is 0.578. The van der Waals surface area contributed by atoms with Gasteiger partial charge in [-0.1, -0.05) is 19.1 Å². The number of nitrogens with one attached hydrogen (secondary N) is 1. The molecule has 1 heterocycles. The summed E-state index contributed by atoms with van der Waals surface area (Å²) in [4.78, 5) is 1.28. The van der Waals surface area contributed by atoms with Crippen molar-refractivity contribution in [1.29, 1.82) is 0 Å².